The van der Waals surface area contributed by atoms with Gasteiger partial charge in [-0.25, -0.2) is 0 Å². The quantitative estimate of drug-likeness (QED) is 0.528. The van der Waals surface area contributed by atoms with E-state index in [1.807, 2.05) is 31.7 Å². The Morgan fingerprint density at radius 3 is 2.30 bits per heavy atom. The number of nitrogens with zero attached hydrogens (tertiary/aromatic N) is 2. The number of aryl methyl sites for hydroxylation is 2. The van der Waals surface area contributed by atoms with E-state index >= 15 is 0 Å². The normalized spacial score (nSPS) is 9.40. The highest BCUT2D eigenvalue weighted by Gasteiger charge is 2.04. The Balaban J connectivity index is 3.37. The maximum absolute atomic E-state index is 8.65. The summed E-state index contributed by atoms with van der Waals surface area (Å²) >= 11 is 0. The molecule has 1 aromatic rings. The van der Waals surface area contributed by atoms with Gasteiger partial charge in [0.15, 0.2) is 0 Å². The molecule has 0 aromatic carbocycles. The molecule has 0 bridgehead atoms. The molecule has 1 rings (SSSR count). The molecule has 1 heterocycles. The molecule has 0 aliphatic rings. The lowest BCUT2D eigenvalue weighted by atomic mass is 10.2. The lowest BCUT2D eigenvalue weighted by Gasteiger charge is -1.92. The third kappa shape index (κ3) is 0.801. The van der Waals surface area contributed by atoms with Crippen LogP contribution in [-0.4, -0.2) is 4.57 Å². The summed E-state index contributed by atoms with van der Waals surface area (Å²) < 4.78 is 1.97. The second kappa shape index (κ2) is 2.18. The molecule has 0 N–H and O–H groups in total. The van der Waals surface area contributed by atoms with Crippen LogP contribution in [0.3, 0.4) is 0 Å². The van der Waals surface area contributed by atoms with Crippen molar-refractivity contribution in [2.45, 2.75) is 13.8 Å². The molecular weight excluding hydrogens is 124 g/mol. The van der Waals surface area contributed by atoms with Crippen molar-refractivity contribution in [3.63, 3.8) is 0 Å². The molecule has 0 spiro atoms. The van der Waals surface area contributed by atoms with Crippen LogP contribution in [0.15, 0.2) is 6.20 Å². The molecule has 0 unspecified atom stereocenters. The maximum atomic E-state index is 8.65. The highest BCUT2D eigenvalue weighted by molar-refractivity contribution is 5.40. The van der Waals surface area contributed by atoms with E-state index in [0.717, 1.165) is 16.8 Å². The Bertz CT molecular complexity index is 289. The van der Waals surface area contributed by atoms with E-state index in [-0.39, 0.29) is 0 Å². The molecule has 52 valence electrons. The molecule has 0 fully saturated rings. The van der Waals surface area contributed by atoms with Gasteiger partial charge in [-0.3, -0.25) is 0 Å². The van der Waals surface area contributed by atoms with E-state index in [2.05, 4.69) is 6.07 Å². The van der Waals surface area contributed by atoms with Crippen molar-refractivity contribution < 1.29 is 0 Å². The van der Waals surface area contributed by atoms with E-state index in [9.17, 15) is 0 Å². The van der Waals surface area contributed by atoms with Crippen molar-refractivity contribution in [1.82, 2.24) is 4.57 Å². The van der Waals surface area contributed by atoms with E-state index < -0.39 is 0 Å². The second-order valence-electron chi connectivity index (χ2n) is 2.50. The summed E-state index contributed by atoms with van der Waals surface area (Å²) in [7, 11) is 1.95. The zero-order valence-electron chi connectivity index (χ0n) is 6.47. The Labute approximate surface area is 60.7 Å². The topological polar surface area (TPSA) is 28.7 Å². The summed E-state index contributed by atoms with van der Waals surface area (Å²) in [6.07, 6.45) is 1.97. The number of aromatic nitrogens is 1. The lowest BCUT2D eigenvalue weighted by Crippen LogP contribution is -1.88. The highest BCUT2D eigenvalue weighted by atomic mass is 14.9. The van der Waals surface area contributed by atoms with Gasteiger partial charge in [0.1, 0.15) is 6.07 Å². The predicted molar refractivity (Wildman–Crippen MR) is 39.6 cm³/mol. The van der Waals surface area contributed by atoms with Crippen LogP contribution in [0, 0.1) is 25.2 Å². The fraction of sp³-hybridized carbons (Fsp3) is 0.375. The van der Waals surface area contributed by atoms with Crippen molar-refractivity contribution >= 4 is 0 Å². The van der Waals surface area contributed by atoms with Crippen LogP contribution in [0.4, 0.5) is 0 Å². The van der Waals surface area contributed by atoms with E-state index in [1.54, 1.807) is 0 Å². The molecule has 0 saturated carbocycles. The first kappa shape index (κ1) is 6.88. The van der Waals surface area contributed by atoms with Crippen molar-refractivity contribution in [2.24, 2.45) is 7.05 Å². The molecule has 10 heavy (non-hydrogen) atoms. The van der Waals surface area contributed by atoms with Crippen molar-refractivity contribution in [1.29, 1.82) is 5.26 Å². The van der Waals surface area contributed by atoms with Gasteiger partial charge in [-0.1, -0.05) is 0 Å². The van der Waals surface area contributed by atoms with E-state index in [0.29, 0.717) is 0 Å². The van der Waals surface area contributed by atoms with Gasteiger partial charge in [0, 0.05) is 18.9 Å². The molecule has 0 aliphatic carbocycles. The smallest absolute Gasteiger partial charge is 0.101 e. The minimum atomic E-state index is 0.808. The Morgan fingerprint density at radius 1 is 1.50 bits per heavy atom. The molecule has 2 heteroatoms. The molecular formula is C8H10N2. The lowest BCUT2D eigenvalue weighted by molar-refractivity contribution is 0.878. The fourth-order valence-corrected chi connectivity index (χ4v) is 1.08. The maximum Gasteiger partial charge on any atom is 0.101 e. The summed E-state index contributed by atoms with van der Waals surface area (Å²) in [5.41, 5.74) is 2.91. The Morgan fingerprint density at radius 2 is 2.10 bits per heavy atom. The Kier molecular flexibility index (Phi) is 1.50. The first-order chi connectivity index (χ1) is 4.66. The van der Waals surface area contributed by atoms with Crippen molar-refractivity contribution in [3.05, 3.63) is 23.0 Å². The van der Waals surface area contributed by atoms with Crippen LogP contribution in [0.2, 0.25) is 0 Å². The molecule has 0 saturated heterocycles. The van der Waals surface area contributed by atoms with Crippen LogP contribution in [-0.2, 0) is 7.05 Å². The number of nitriles is 1. The summed E-state index contributed by atoms with van der Waals surface area (Å²) in [4.78, 5) is 0. The van der Waals surface area contributed by atoms with Crippen molar-refractivity contribution in [3.8, 4) is 6.07 Å². The summed E-state index contributed by atoms with van der Waals surface area (Å²) in [5.74, 6) is 0. The third-order valence-electron chi connectivity index (χ3n) is 1.78. The average Bonchev–Trinajstić information content (AvgIpc) is 2.09. The monoisotopic (exact) mass is 134 g/mol. The van der Waals surface area contributed by atoms with Crippen LogP contribution in [0.5, 0.6) is 0 Å². The van der Waals surface area contributed by atoms with Gasteiger partial charge in [-0.2, -0.15) is 5.26 Å². The first-order valence-electron chi connectivity index (χ1n) is 3.19. The fourth-order valence-electron chi connectivity index (χ4n) is 1.08. The molecule has 0 atom stereocenters. The molecule has 0 aliphatic heterocycles. The van der Waals surface area contributed by atoms with Gasteiger partial charge >= 0.3 is 0 Å². The summed E-state index contributed by atoms with van der Waals surface area (Å²) in [6, 6.07) is 2.16. The van der Waals surface area contributed by atoms with Gasteiger partial charge in [0.25, 0.3) is 0 Å². The van der Waals surface area contributed by atoms with Gasteiger partial charge in [-0.05, 0) is 19.4 Å². The molecule has 0 radical (unpaired) electrons. The zero-order chi connectivity index (χ0) is 7.72. The Hall–Kier alpha value is -1.23. The van der Waals surface area contributed by atoms with Gasteiger partial charge in [0.2, 0.25) is 0 Å². The SMILES string of the molecule is Cc1cn(C)c(C)c1C#N. The molecule has 1 aromatic heterocycles. The van der Waals surface area contributed by atoms with Crippen LogP contribution in [0.1, 0.15) is 16.8 Å². The summed E-state index contributed by atoms with van der Waals surface area (Å²) in [5, 5.41) is 8.65. The van der Waals surface area contributed by atoms with E-state index in [1.165, 1.54) is 0 Å². The number of rotatable bonds is 0. The number of hydrogen-bond acceptors (Lipinski definition) is 1. The van der Waals surface area contributed by atoms with Gasteiger partial charge in [0.05, 0.1) is 5.56 Å². The second-order valence-corrected chi connectivity index (χ2v) is 2.50. The molecule has 2 nitrogen and oxygen atoms in total. The van der Waals surface area contributed by atoms with Crippen LogP contribution >= 0.6 is 0 Å². The molecule has 0 amide bonds. The minimum absolute atomic E-state index is 0.808. The van der Waals surface area contributed by atoms with Gasteiger partial charge < -0.3 is 4.57 Å². The zero-order valence-corrected chi connectivity index (χ0v) is 6.47. The van der Waals surface area contributed by atoms with Crippen molar-refractivity contribution in [2.75, 3.05) is 0 Å². The minimum Gasteiger partial charge on any atom is -0.353 e. The first-order valence-corrected chi connectivity index (χ1v) is 3.19. The average molecular weight is 134 g/mol. The summed E-state index contributed by atoms with van der Waals surface area (Å²) in [6.45, 7) is 3.90. The van der Waals surface area contributed by atoms with E-state index in [4.69, 9.17) is 5.26 Å². The standard InChI is InChI=1S/C8H10N2/c1-6-5-10(3)7(2)8(6)4-9/h5H,1-3H3. The largest absolute Gasteiger partial charge is 0.353 e. The predicted octanol–water partition coefficient (Wildman–Crippen LogP) is 1.51. The van der Waals surface area contributed by atoms with Crippen LogP contribution in [0.25, 0.3) is 0 Å². The highest BCUT2D eigenvalue weighted by Crippen LogP contribution is 2.12. The third-order valence-corrected chi connectivity index (χ3v) is 1.78. The number of hydrogen-bond donors (Lipinski definition) is 0. The van der Waals surface area contributed by atoms with Crippen LogP contribution < -0.4 is 0 Å². The van der Waals surface area contributed by atoms with Gasteiger partial charge in [-0.15, -0.1) is 0 Å².